The van der Waals surface area contributed by atoms with Gasteiger partial charge in [-0.3, -0.25) is 0 Å². The Morgan fingerprint density at radius 3 is 1.74 bits per heavy atom. The molecule has 0 heterocycles. The van der Waals surface area contributed by atoms with E-state index < -0.39 is 0 Å². The average Bonchev–Trinajstić information content (AvgIpc) is 2.25. The van der Waals surface area contributed by atoms with Gasteiger partial charge < -0.3 is 9.47 Å². The zero-order valence-electron chi connectivity index (χ0n) is 13.5. The molecule has 0 aromatic heterocycles. The molecule has 1 aromatic carbocycles. The van der Waals surface area contributed by atoms with Crippen LogP contribution in [0.1, 0.15) is 41.5 Å². The van der Waals surface area contributed by atoms with Crippen molar-refractivity contribution in [3.05, 3.63) is 18.2 Å². The van der Waals surface area contributed by atoms with Crippen LogP contribution < -0.4 is 14.8 Å². The topological polar surface area (TPSA) is 18.5 Å². The van der Waals surface area contributed by atoms with Crippen molar-refractivity contribution in [2.45, 2.75) is 51.9 Å². The van der Waals surface area contributed by atoms with E-state index in [1.165, 1.54) is 5.30 Å². The first-order valence-electron chi connectivity index (χ1n) is 6.63. The Hall–Kier alpha value is -0.750. The molecule has 0 amide bonds. The Morgan fingerprint density at radius 1 is 0.842 bits per heavy atom. The number of rotatable bonds is 3. The molecule has 0 saturated carbocycles. The van der Waals surface area contributed by atoms with Gasteiger partial charge in [-0.25, -0.2) is 0 Å². The highest BCUT2D eigenvalue weighted by molar-refractivity contribution is 7.68. The second kappa shape index (κ2) is 5.71. The maximum atomic E-state index is 5.60. The first kappa shape index (κ1) is 16.3. The summed E-state index contributed by atoms with van der Waals surface area (Å²) in [6.45, 7) is 13.9. The average molecular weight is 282 g/mol. The first-order valence-corrected chi connectivity index (χ1v) is 7.98. The van der Waals surface area contributed by atoms with Crippen LogP contribution in [0.2, 0.25) is 0 Å². The number of methoxy groups -OCH3 is 2. The summed E-state index contributed by atoms with van der Waals surface area (Å²) in [4.78, 5) is 0. The Kier molecular flexibility index (Phi) is 4.90. The molecular formula is C16H27O2P. The molecule has 0 aliphatic rings. The molecule has 0 bridgehead atoms. The quantitative estimate of drug-likeness (QED) is 0.765. The molecule has 0 saturated heterocycles. The third kappa shape index (κ3) is 3.86. The van der Waals surface area contributed by atoms with Gasteiger partial charge in [-0.15, -0.1) is 0 Å². The lowest BCUT2D eigenvalue weighted by Gasteiger charge is -2.42. The minimum absolute atomic E-state index is 0.232. The molecule has 1 aromatic rings. The lowest BCUT2D eigenvalue weighted by Crippen LogP contribution is -2.31. The number of benzene rings is 1. The van der Waals surface area contributed by atoms with Gasteiger partial charge in [0.1, 0.15) is 11.5 Å². The molecule has 108 valence electrons. The van der Waals surface area contributed by atoms with Crippen LogP contribution in [0.25, 0.3) is 0 Å². The second-order valence-electron chi connectivity index (χ2n) is 6.71. The van der Waals surface area contributed by atoms with Gasteiger partial charge in [-0.2, -0.15) is 0 Å². The highest BCUT2D eigenvalue weighted by Gasteiger charge is 2.37. The van der Waals surface area contributed by atoms with E-state index in [9.17, 15) is 0 Å². The third-order valence-electron chi connectivity index (χ3n) is 2.97. The van der Waals surface area contributed by atoms with Crippen LogP contribution in [0, 0.1) is 0 Å². The van der Waals surface area contributed by atoms with Gasteiger partial charge in [-0.1, -0.05) is 49.5 Å². The predicted octanol–water partition coefficient (Wildman–Crippen LogP) is 4.41. The lowest BCUT2D eigenvalue weighted by atomic mass is 10.2. The summed E-state index contributed by atoms with van der Waals surface area (Å²) in [5, 5.41) is 1.78. The molecule has 0 spiro atoms. The van der Waals surface area contributed by atoms with Crippen molar-refractivity contribution in [1.29, 1.82) is 0 Å². The van der Waals surface area contributed by atoms with E-state index in [2.05, 4.69) is 47.6 Å². The summed E-state index contributed by atoms with van der Waals surface area (Å²) in [6, 6.07) is 6.19. The molecule has 19 heavy (non-hydrogen) atoms. The van der Waals surface area contributed by atoms with Crippen molar-refractivity contribution in [1.82, 2.24) is 0 Å². The molecular weight excluding hydrogens is 255 g/mol. The van der Waals surface area contributed by atoms with Crippen molar-refractivity contribution in [2.24, 2.45) is 0 Å². The first-order chi connectivity index (χ1) is 8.61. The fourth-order valence-electron chi connectivity index (χ4n) is 2.70. The van der Waals surface area contributed by atoms with E-state index in [4.69, 9.17) is 9.47 Å². The van der Waals surface area contributed by atoms with E-state index >= 15 is 0 Å². The Balaban J connectivity index is 3.39. The smallest absolute Gasteiger partial charge is 0.130 e. The summed E-state index contributed by atoms with van der Waals surface area (Å²) in [5.74, 6) is 1.79. The van der Waals surface area contributed by atoms with Crippen LogP contribution in [-0.4, -0.2) is 24.5 Å². The van der Waals surface area contributed by atoms with E-state index in [0.717, 1.165) is 11.5 Å². The monoisotopic (exact) mass is 282 g/mol. The van der Waals surface area contributed by atoms with Crippen LogP contribution in [-0.2, 0) is 0 Å². The highest BCUT2D eigenvalue weighted by atomic mass is 31.1. The number of ether oxygens (including phenoxy) is 2. The van der Waals surface area contributed by atoms with Gasteiger partial charge in [0.05, 0.1) is 14.2 Å². The van der Waals surface area contributed by atoms with E-state index in [-0.39, 0.29) is 18.2 Å². The molecule has 1 rings (SSSR count). The van der Waals surface area contributed by atoms with E-state index in [0.29, 0.717) is 0 Å². The molecule has 2 nitrogen and oxygen atoms in total. The highest BCUT2D eigenvalue weighted by Crippen LogP contribution is 2.59. The van der Waals surface area contributed by atoms with E-state index in [1.807, 2.05) is 12.1 Å². The normalized spacial score (nSPS) is 12.7. The van der Waals surface area contributed by atoms with Crippen LogP contribution >= 0.6 is 7.92 Å². The predicted molar refractivity (Wildman–Crippen MR) is 85.6 cm³/mol. The minimum atomic E-state index is -0.362. The molecule has 0 fully saturated rings. The maximum Gasteiger partial charge on any atom is 0.130 e. The van der Waals surface area contributed by atoms with Gasteiger partial charge in [-0.05, 0) is 22.4 Å². The van der Waals surface area contributed by atoms with Crippen LogP contribution in [0.3, 0.4) is 0 Å². The van der Waals surface area contributed by atoms with Crippen molar-refractivity contribution in [3.8, 4) is 11.5 Å². The SMILES string of the molecule is COc1ccc(P(C(C)(C)C)C(C)(C)C)c(OC)c1. The zero-order valence-corrected chi connectivity index (χ0v) is 14.4. The molecule has 0 aliphatic heterocycles. The summed E-state index contributed by atoms with van der Waals surface area (Å²) in [6.07, 6.45) is 0. The fourth-order valence-corrected chi connectivity index (χ4v) is 6.76. The number of hydrogen-bond acceptors (Lipinski definition) is 2. The molecule has 0 N–H and O–H groups in total. The van der Waals surface area contributed by atoms with Crippen molar-refractivity contribution in [2.75, 3.05) is 14.2 Å². The standard InChI is InChI=1S/C16H27O2P/c1-15(2,3)19(16(4,5)6)14-10-9-12(17-7)11-13(14)18-8/h9-11H,1-8H3. The van der Waals surface area contributed by atoms with Crippen molar-refractivity contribution >= 4 is 13.2 Å². The van der Waals surface area contributed by atoms with Crippen molar-refractivity contribution in [3.63, 3.8) is 0 Å². The largest absolute Gasteiger partial charge is 0.497 e. The Labute approximate surface area is 119 Å². The number of hydrogen-bond donors (Lipinski definition) is 0. The molecule has 0 atom stereocenters. The molecule has 0 aliphatic carbocycles. The molecule has 0 unspecified atom stereocenters. The van der Waals surface area contributed by atoms with Gasteiger partial charge in [0, 0.05) is 11.4 Å². The van der Waals surface area contributed by atoms with Crippen LogP contribution in [0.5, 0.6) is 11.5 Å². The van der Waals surface area contributed by atoms with Crippen LogP contribution in [0.4, 0.5) is 0 Å². The summed E-state index contributed by atoms with van der Waals surface area (Å²) in [5.41, 5.74) is 0. The van der Waals surface area contributed by atoms with Crippen LogP contribution in [0.15, 0.2) is 18.2 Å². The summed E-state index contributed by atoms with van der Waals surface area (Å²) in [7, 11) is 3.06. The fraction of sp³-hybridized carbons (Fsp3) is 0.625. The van der Waals surface area contributed by atoms with E-state index in [1.54, 1.807) is 14.2 Å². The van der Waals surface area contributed by atoms with Gasteiger partial charge in [0.2, 0.25) is 0 Å². The maximum absolute atomic E-state index is 5.60. The third-order valence-corrected chi connectivity index (χ3v) is 6.50. The summed E-state index contributed by atoms with van der Waals surface area (Å²) < 4.78 is 10.9. The second-order valence-corrected chi connectivity index (χ2v) is 10.6. The minimum Gasteiger partial charge on any atom is -0.497 e. The van der Waals surface area contributed by atoms with Crippen molar-refractivity contribution < 1.29 is 9.47 Å². The lowest BCUT2D eigenvalue weighted by molar-refractivity contribution is 0.396. The van der Waals surface area contributed by atoms with Gasteiger partial charge >= 0.3 is 0 Å². The molecule has 3 heteroatoms. The Bertz CT molecular complexity index is 413. The molecule has 0 radical (unpaired) electrons. The Morgan fingerprint density at radius 2 is 1.37 bits per heavy atom. The summed E-state index contributed by atoms with van der Waals surface area (Å²) >= 11 is 0. The zero-order chi connectivity index (χ0) is 14.8. The van der Waals surface area contributed by atoms with Gasteiger partial charge in [0.25, 0.3) is 0 Å². The van der Waals surface area contributed by atoms with Gasteiger partial charge in [0.15, 0.2) is 0 Å².